The van der Waals surface area contributed by atoms with Crippen LogP contribution in [0.15, 0.2) is 30.3 Å². The van der Waals surface area contributed by atoms with Crippen molar-refractivity contribution in [2.75, 3.05) is 13.6 Å². The molecule has 3 heteroatoms. The number of benzene rings is 1. The standard InChI is InChI=1S/C17H26N2O/c1-19(17(20)15-10-11-16(18)13-15)12-6-5-9-14-7-3-2-4-8-14/h2-4,7-8,15-16H,5-6,9-13,18H2,1H3. The highest BCUT2D eigenvalue weighted by atomic mass is 16.2. The van der Waals surface area contributed by atoms with Crippen LogP contribution in [-0.2, 0) is 11.2 Å². The Hall–Kier alpha value is -1.35. The number of hydrogen-bond donors (Lipinski definition) is 1. The molecule has 1 aromatic rings. The summed E-state index contributed by atoms with van der Waals surface area (Å²) < 4.78 is 0. The molecule has 1 amide bonds. The number of hydrogen-bond acceptors (Lipinski definition) is 2. The molecular formula is C17H26N2O. The SMILES string of the molecule is CN(CCCCc1ccccc1)C(=O)C1CCC(N)C1. The first-order valence-electron chi connectivity index (χ1n) is 7.71. The first-order valence-corrected chi connectivity index (χ1v) is 7.71. The quantitative estimate of drug-likeness (QED) is 0.811. The Morgan fingerprint density at radius 2 is 2.00 bits per heavy atom. The molecule has 1 fully saturated rings. The Bertz CT molecular complexity index is 418. The molecule has 0 spiro atoms. The van der Waals surface area contributed by atoms with Gasteiger partial charge in [0.15, 0.2) is 0 Å². The number of nitrogens with two attached hydrogens (primary N) is 1. The number of carbonyl (C=O) groups is 1. The summed E-state index contributed by atoms with van der Waals surface area (Å²) in [5.74, 6) is 0.460. The van der Waals surface area contributed by atoms with Crippen LogP contribution in [0.3, 0.4) is 0 Å². The van der Waals surface area contributed by atoms with Crippen LogP contribution in [0.1, 0.15) is 37.7 Å². The molecule has 1 saturated carbocycles. The number of amides is 1. The van der Waals surface area contributed by atoms with E-state index in [9.17, 15) is 4.79 Å². The highest BCUT2D eigenvalue weighted by Gasteiger charge is 2.29. The van der Waals surface area contributed by atoms with Gasteiger partial charge >= 0.3 is 0 Å². The molecule has 110 valence electrons. The van der Waals surface area contributed by atoms with E-state index < -0.39 is 0 Å². The third-order valence-corrected chi connectivity index (χ3v) is 4.25. The molecule has 0 aromatic heterocycles. The first kappa shape index (κ1) is 15.0. The largest absolute Gasteiger partial charge is 0.346 e. The van der Waals surface area contributed by atoms with Gasteiger partial charge in [-0.1, -0.05) is 30.3 Å². The van der Waals surface area contributed by atoms with E-state index in [0.717, 1.165) is 45.1 Å². The molecule has 3 nitrogen and oxygen atoms in total. The lowest BCUT2D eigenvalue weighted by Crippen LogP contribution is -2.33. The van der Waals surface area contributed by atoms with E-state index in [2.05, 4.69) is 24.3 Å². The Morgan fingerprint density at radius 3 is 2.65 bits per heavy atom. The van der Waals surface area contributed by atoms with Crippen LogP contribution in [0.5, 0.6) is 0 Å². The van der Waals surface area contributed by atoms with Crippen LogP contribution >= 0.6 is 0 Å². The lowest BCUT2D eigenvalue weighted by Gasteiger charge is -2.21. The maximum atomic E-state index is 12.2. The van der Waals surface area contributed by atoms with Gasteiger partial charge in [0, 0.05) is 25.6 Å². The minimum Gasteiger partial charge on any atom is -0.346 e. The lowest BCUT2D eigenvalue weighted by atomic mass is 10.1. The number of carbonyl (C=O) groups excluding carboxylic acids is 1. The zero-order chi connectivity index (χ0) is 14.4. The van der Waals surface area contributed by atoms with Gasteiger partial charge in [-0.15, -0.1) is 0 Å². The summed E-state index contributed by atoms with van der Waals surface area (Å²) in [5.41, 5.74) is 7.26. The van der Waals surface area contributed by atoms with Crippen molar-refractivity contribution in [1.29, 1.82) is 0 Å². The monoisotopic (exact) mass is 274 g/mol. The average Bonchev–Trinajstić information content (AvgIpc) is 2.90. The van der Waals surface area contributed by atoms with E-state index in [1.165, 1.54) is 5.56 Å². The van der Waals surface area contributed by atoms with Gasteiger partial charge in [-0.2, -0.15) is 0 Å². The van der Waals surface area contributed by atoms with Crippen LogP contribution in [-0.4, -0.2) is 30.4 Å². The molecule has 0 heterocycles. The Balaban J connectivity index is 1.65. The molecule has 0 saturated heterocycles. The Morgan fingerprint density at radius 1 is 1.25 bits per heavy atom. The van der Waals surface area contributed by atoms with E-state index in [-0.39, 0.29) is 17.9 Å². The summed E-state index contributed by atoms with van der Waals surface area (Å²) in [4.78, 5) is 14.1. The van der Waals surface area contributed by atoms with Crippen molar-refractivity contribution in [2.24, 2.45) is 11.7 Å². The molecule has 1 aromatic carbocycles. The zero-order valence-electron chi connectivity index (χ0n) is 12.4. The van der Waals surface area contributed by atoms with Crippen molar-refractivity contribution in [3.8, 4) is 0 Å². The minimum atomic E-state index is 0.170. The molecule has 1 aliphatic carbocycles. The average molecular weight is 274 g/mol. The summed E-state index contributed by atoms with van der Waals surface area (Å²) >= 11 is 0. The zero-order valence-corrected chi connectivity index (χ0v) is 12.4. The van der Waals surface area contributed by atoms with Gasteiger partial charge in [0.05, 0.1) is 0 Å². The molecule has 0 bridgehead atoms. The van der Waals surface area contributed by atoms with E-state index >= 15 is 0 Å². The van der Waals surface area contributed by atoms with E-state index in [1.807, 2.05) is 18.0 Å². The second kappa shape index (κ2) is 7.44. The van der Waals surface area contributed by atoms with Gasteiger partial charge in [-0.05, 0) is 44.1 Å². The summed E-state index contributed by atoms with van der Waals surface area (Å²) in [6.45, 7) is 0.859. The van der Waals surface area contributed by atoms with E-state index in [0.29, 0.717) is 0 Å². The predicted molar refractivity (Wildman–Crippen MR) is 82.3 cm³/mol. The van der Waals surface area contributed by atoms with Gasteiger partial charge < -0.3 is 10.6 Å². The lowest BCUT2D eigenvalue weighted by molar-refractivity contribution is -0.134. The van der Waals surface area contributed by atoms with Crippen molar-refractivity contribution >= 4 is 5.91 Å². The van der Waals surface area contributed by atoms with Crippen molar-refractivity contribution in [3.63, 3.8) is 0 Å². The maximum absolute atomic E-state index is 12.2. The predicted octanol–water partition coefficient (Wildman–Crippen LogP) is 2.60. The second-order valence-electron chi connectivity index (χ2n) is 5.97. The first-order chi connectivity index (χ1) is 9.66. The van der Waals surface area contributed by atoms with Crippen LogP contribution in [0.25, 0.3) is 0 Å². The van der Waals surface area contributed by atoms with Gasteiger partial charge in [-0.3, -0.25) is 4.79 Å². The molecule has 0 aliphatic heterocycles. The van der Waals surface area contributed by atoms with Gasteiger partial charge in [0.2, 0.25) is 5.91 Å². The summed E-state index contributed by atoms with van der Waals surface area (Å²) in [6, 6.07) is 10.8. The van der Waals surface area contributed by atoms with Crippen LogP contribution in [0, 0.1) is 5.92 Å². The molecule has 2 rings (SSSR count). The summed E-state index contributed by atoms with van der Waals surface area (Å²) in [5, 5.41) is 0. The van der Waals surface area contributed by atoms with Gasteiger partial charge in [-0.25, -0.2) is 0 Å². The van der Waals surface area contributed by atoms with Crippen LogP contribution in [0.4, 0.5) is 0 Å². The molecule has 2 N–H and O–H groups in total. The van der Waals surface area contributed by atoms with Gasteiger partial charge in [0.25, 0.3) is 0 Å². The summed E-state index contributed by atoms with van der Waals surface area (Å²) in [7, 11) is 1.93. The van der Waals surface area contributed by atoms with Crippen molar-refractivity contribution in [1.82, 2.24) is 4.90 Å². The number of unbranched alkanes of at least 4 members (excludes halogenated alkanes) is 1. The van der Waals surface area contributed by atoms with E-state index in [1.54, 1.807) is 0 Å². The fraction of sp³-hybridized carbons (Fsp3) is 0.588. The molecular weight excluding hydrogens is 248 g/mol. The summed E-state index contributed by atoms with van der Waals surface area (Å²) in [6.07, 6.45) is 6.12. The number of aryl methyl sites for hydroxylation is 1. The highest BCUT2D eigenvalue weighted by molar-refractivity contribution is 5.78. The maximum Gasteiger partial charge on any atom is 0.225 e. The van der Waals surface area contributed by atoms with E-state index in [4.69, 9.17) is 5.73 Å². The fourth-order valence-electron chi connectivity index (χ4n) is 2.99. The number of rotatable bonds is 6. The smallest absolute Gasteiger partial charge is 0.225 e. The molecule has 2 unspecified atom stereocenters. The van der Waals surface area contributed by atoms with Crippen LogP contribution in [0.2, 0.25) is 0 Å². The van der Waals surface area contributed by atoms with Crippen molar-refractivity contribution in [3.05, 3.63) is 35.9 Å². The molecule has 20 heavy (non-hydrogen) atoms. The highest BCUT2D eigenvalue weighted by Crippen LogP contribution is 2.25. The topological polar surface area (TPSA) is 46.3 Å². The molecule has 0 radical (unpaired) electrons. The fourth-order valence-corrected chi connectivity index (χ4v) is 2.99. The normalized spacial score (nSPS) is 21.9. The molecule has 2 atom stereocenters. The van der Waals surface area contributed by atoms with Crippen LogP contribution < -0.4 is 5.73 Å². The minimum absolute atomic E-state index is 0.170. The third-order valence-electron chi connectivity index (χ3n) is 4.25. The van der Waals surface area contributed by atoms with Gasteiger partial charge in [0.1, 0.15) is 0 Å². The Kier molecular flexibility index (Phi) is 5.60. The van der Waals surface area contributed by atoms with Crippen molar-refractivity contribution in [2.45, 2.75) is 44.6 Å². The molecule has 1 aliphatic rings. The number of nitrogens with zero attached hydrogens (tertiary/aromatic N) is 1. The second-order valence-corrected chi connectivity index (χ2v) is 5.97. The third kappa shape index (κ3) is 4.34. The Labute approximate surface area is 122 Å². The van der Waals surface area contributed by atoms with Crippen molar-refractivity contribution < 1.29 is 4.79 Å².